The van der Waals surface area contributed by atoms with Gasteiger partial charge in [-0.15, -0.1) is 0 Å². The van der Waals surface area contributed by atoms with Gasteiger partial charge in [0.2, 0.25) is 0 Å². The summed E-state index contributed by atoms with van der Waals surface area (Å²) < 4.78 is 13.0. The number of benzene rings is 1. The van der Waals surface area contributed by atoms with Crippen molar-refractivity contribution < 1.29 is 9.47 Å². The first kappa shape index (κ1) is 17.7. The Bertz CT molecular complexity index is 667. The molecule has 0 amide bonds. The number of hydrogen-bond donors (Lipinski definition) is 1. The van der Waals surface area contributed by atoms with Gasteiger partial charge in [-0.25, -0.2) is 0 Å². The van der Waals surface area contributed by atoms with Crippen LogP contribution in [-0.2, 0) is 13.6 Å². The number of aromatic nitrogens is 1. The zero-order valence-electron chi connectivity index (χ0n) is 14.8. The highest BCUT2D eigenvalue weighted by atomic mass is 16.5. The van der Waals surface area contributed by atoms with E-state index < -0.39 is 0 Å². The van der Waals surface area contributed by atoms with Gasteiger partial charge in [-0.05, 0) is 24.3 Å². The van der Waals surface area contributed by atoms with Crippen LogP contribution in [0.2, 0.25) is 0 Å². The van der Waals surface area contributed by atoms with Gasteiger partial charge in [0.25, 0.3) is 0 Å². The molecule has 0 spiro atoms. The number of hydrogen-bond acceptors (Lipinski definition) is 3. The lowest BCUT2D eigenvalue weighted by atomic mass is 10.3. The Morgan fingerprint density at radius 2 is 2.04 bits per heavy atom. The fourth-order valence-corrected chi connectivity index (χ4v) is 2.39. The highest BCUT2D eigenvalue weighted by Gasteiger charge is 2.08. The normalized spacial score (nSPS) is 11.2. The Kier molecular flexibility index (Phi) is 6.54. The average molecular weight is 330 g/mol. The molecule has 0 aliphatic rings. The highest BCUT2D eigenvalue weighted by Crippen LogP contribution is 2.18. The molecular formula is C18H26N4O2. The molecule has 6 nitrogen and oxygen atoms in total. The Balaban J connectivity index is 1.78. The van der Waals surface area contributed by atoms with Gasteiger partial charge in [0.05, 0.1) is 20.2 Å². The van der Waals surface area contributed by atoms with Crippen molar-refractivity contribution in [3.8, 4) is 11.5 Å². The summed E-state index contributed by atoms with van der Waals surface area (Å²) in [5.74, 6) is 2.42. The lowest BCUT2D eigenvalue weighted by Crippen LogP contribution is -2.40. The molecule has 0 aliphatic carbocycles. The summed E-state index contributed by atoms with van der Waals surface area (Å²) >= 11 is 0. The predicted molar refractivity (Wildman–Crippen MR) is 96.7 cm³/mol. The second kappa shape index (κ2) is 8.86. The van der Waals surface area contributed by atoms with E-state index in [2.05, 4.69) is 25.8 Å². The summed E-state index contributed by atoms with van der Waals surface area (Å²) in [6.07, 6.45) is 2.04. The van der Waals surface area contributed by atoms with Gasteiger partial charge in [0, 0.05) is 39.1 Å². The fourth-order valence-electron chi connectivity index (χ4n) is 2.39. The van der Waals surface area contributed by atoms with Crippen molar-refractivity contribution in [2.45, 2.75) is 6.54 Å². The van der Waals surface area contributed by atoms with Crippen LogP contribution in [0, 0.1) is 0 Å². The minimum absolute atomic E-state index is 0.546. The van der Waals surface area contributed by atoms with Crippen LogP contribution in [0.25, 0.3) is 0 Å². The standard InChI is InChI=1S/C18H26N4O2/c1-19-18(22(3)14-15-7-6-11-21(15)2)20-10-12-24-17-9-5-8-16(13-17)23-4/h5-9,11,13H,10,12,14H2,1-4H3,(H,19,20). The van der Waals surface area contributed by atoms with Crippen LogP contribution in [0.15, 0.2) is 47.6 Å². The van der Waals surface area contributed by atoms with E-state index in [0.29, 0.717) is 13.2 Å². The summed E-state index contributed by atoms with van der Waals surface area (Å²) in [6.45, 7) is 2.01. The van der Waals surface area contributed by atoms with E-state index in [1.807, 2.05) is 50.6 Å². The minimum atomic E-state index is 0.546. The van der Waals surface area contributed by atoms with E-state index in [-0.39, 0.29) is 0 Å². The smallest absolute Gasteiger partial charge is 0.193 e. The first-order valence-corrected chi connectivity index (χ1v) is 7.93. The Morgan fingerprint density at radius 1 is 1.25 bits per heavy atom. The van der Waals surface area contributed by atoms with Gasteiger partial charge in [-0.1, -0.05) is 6.07 Å². The summed E-state index contributed by atoms with van der Waals surface area (Å²) in [4.78, 5) is 6.40. The van der Waals surface area contributed by atoms with Crippen LogP contribution in [0.3, 0.4) is 0 Å². The first-order valence-electron chi connectivity index (χ1n) is 7.93. The topological polar surface area (TPSA) is 51.0 Å². The number of aliphatic imine (C=N–C) groups is 1. The van der Waals surface area contributed by atoms with Gasteiger partial charge in [0.1, 0.15) is 18.1 Å². The molecule has 0 unspecified atom stereocenters. The molecule has 1 N–H and O–H groups in total. The summed E-state index contributed by atoms with van der Waals surface area (Å²) in [6, 6.07) is 11.7. The molecular weight excluding hydrogens is 304 g/mol. The number of rotatable bonds is 7. The van der Waals surface area contributed by atoms with Gasteiger partial charge >= 0.3 is 0 Å². The lowest BCUT2D eigenvalue weighted by Gasteiger charge is -2.22. The summed E-state index contributed by atoms with van der Waals surface area (Å²) in [7, 11) is 7.49. The first-order chi connectivity index (χ1) is 11.6. The van der Waals surface area contributed by atoms with E-state index in [0.717, 1.165) is 24.0 Å². The number of nitrogens with zero attached hydrogens (tertiary/aromatic N) is 3. The van der Waals surface area contributed by atoms with Crippen LogP contribution < -0.4 is 14.8 Å². The maximum Gasteiger partial charge on any atom is 0.193 e. The molecule has 0 radical (unpaired) electrons. The molecule has 1 aromatic heterocycles. The van der Waals surface area contributed by atoms with E-state index in [1.54, 1.807) is 14.2 Å². The van der Waals surface area contributed by atoms with Gasteiger partial charge in [-0.2, -0.15) is 0 Å². The van der Waals surface area contributed by atoms with E-state index >= 15 is 0 Å². The van der Waals surface area contributed by atoms with E-state index in [4.69, 9.17) is 9.47 Å². The van der Waals surface area contributed by atoms with Crippen LogP contribution in [0.5, 0.6) is 11.5 Å². The van der Waals surface area contributed by atoms with Gasteiger partial charge < -0.3 is 24.3 Å². The molecule has 0 saturated carbocycles. The second-order valence-electron chi connectivity index (χ2n) is 5.47. The third kappa shape index (κ3) is 4.94. The number of ether oxygens (including phenoxy) is 2. The number of methoxy groups -OCH3 is 1. The molecule has 1 heterocycles. The number of aryl methyl sites for hydroxylation is 1. The summed E-state index contributed by atoms with van der Waals surface area (Å²) in [5, 5.41) is 3.31. The number of nitrogens with one attached hydrogen (secondary N) is 1. The van der Waals surface area contributed by atoms with Crippen LogP contribution in [0.4, 0.5) is 0 Å². The zero-order chi connectivity index (χ0) is 17.4. The molecule has 0 fully saturated rings. The Labute approximate surface area is 143 Å². The van der Waals surface area contributed by atoms with Gasteiger partial charge in [-0.3, -0.25) is 4.99 Å². The molecule has 6 heteroatoms. The largest absolute Gasteiger partial charge is 0.497 e. The Morgan fingerprint density at radius 3 is 2.71 bits per heavy atom. The van der Waals surface area contributed by atoms with Crippen molar-refractivity contribution in [1.29, 1.82) is 0 Å². The molecule has 0 aliphatic heterocycles. The zero-order valence-corrected chi connectivity index (χ0v) is 14.8. The third-order valence-corrected chi connectivity index (χ3v) is 3.72. The molecule has 24 heavy (non-hydrogen) atoms. The van der Waals surface area contributed by atoms with Crippen LogP contribution in [-0.4, -0.2) is 49.8 Å². The average Bonchev–Trinajstić information content (AvgIpc) is 3.00. The molecule has 130 valence electrons. The van der Waals surface area contributed by atoms with Crippen molar-refractivity contribution in [3.05, 3.63) is 48.3 Å². The monoisotopic (exact) mass is 330 g/mol. The maximum atomic E-state index is 5.73. The molecule has 0 atom stereocenters. The van der Waals surface area contributed by atoms with Crippen LogP contribution in [0.1, 0.15) is 5.69 Å². The SMILES string of the molecule is CN=C(NCCOc1cccc(OC)c1)N(C)Cc1cccn1C. The van der Waals surface area contributed by atoms with Crippen molar-refractivity contribution in [3.63, 3.8) is 0 Å². The maximum absolute atomic E-state index is 5.73. The predicted octanol–water partition coefficient (Wildman–Crippen LogP) is 2.12. The van der Waals surface area contributed by atoms with Crippen molar-refractivity contribution >= 4 is 5.96 Å². The fraction of sp³-hybridized carbons (Fsp3) is 0.389. The van der Waals surface area contributed by atoms with Crippen molar-refractivity contribution in [2.24, 2.45) is 12.0 Å². The molecule has 0 bridgehead atoms. The third-order valence-electron chi connectivity index (χ3n) is 3.72. The van der Waals surface area contributed by atoms with Gasteiger partial charge in [0.15, 0.2) is 5.96 Å². The quantitative estimate of drug-likeness (QED) is 0.480. The van der Waals surface area contributed by atoms with Crippen LogP contribution >= 0.6 is 0 Å². The minimum Gasteiger partial charge on any atom is -0.497 e. The molecule has 1 aromatic carbocycles. The van der Waals surface area contributed by atoms with Crippen molar-refractivity contribution in [1.82, 2.24) is 14.8 Å². The Hall–Kier alpha value is -2.63. The van der Waals surface area contributed by atoms with E-state index in [1.165, 1.54) is 5.69 Å². The summed E-state index contributed by atoms with van der Waals surface area (Å²) in [5.41, 5.74) is 1.23. The van der Waals surface area contributed by atoms with E-state index in [9.17, 15) is 0 Å². The molecule has 2 rings (SSSR count). The number of guanidine groups is 1. The highest BCUT2D eigenvalue weighted by molar-refractivity contribution is 5.79. The molecule has 2 aromatic rings. The second-order valence-corrected chi connectivity index (χ2v) is 5.47. The van der Waals surface area contributed by atoms with Crippen molar-refractivity contribution in [2.75, 3.05) is 34.4 Å². The lowest BCUT2D eigenvalue weighted by molar-refractivity contribution is 0.316. The molecule has 0 saturated heterocycles.